The topological polar surface area (TPSA) is 0 Å². The third kappa shape index (κ3) is 16.6. The van der Waals surface area contributed by atoms with Crippen LogP contribution in [-0.2, 0) is 0 Å². The lowest BCUT2D eigenvalue weighted by Crippen LogP contribution is -2.30. The van der Waals surface area contributed by atoms with Gasteiger partial charge in [0.1, 0.15) is 0 Å². The van der Waals surface area contributed by atoms with Crippen LogP contribution in [0, 0.1) is 35.5 Å². The predicted molar refractivity (Wildman–Crippen MR) is 263 cm³/mol. The number of allylic oxidation sites excluding steroid dienone is 13. The van der Waals surface area contributed by atoms with Crippen LogP contribution in [0.5, 0.6) is 0 Å². The van der Waals surface area contributed by atoms with E-state index >= 15 is 0 Å². The molecule has 0 bridgehead atoms. The molecule has 318 valence electrons. The number of unbranched alkanes of at least 4 members (excludes halogenated alkanes) is 1. The van der Waals surface area contributed by atoms with Crippen LogP contribution >= 0.6 is 0 Å². The highest BCUT2D eigenvalue weighted by Gasteiger charge is 2.35. The fraction of sp³-hybridized carbons (Fsp3) is 0.579. The van der Waals surface area contributed by atoms with E-state index in [1.165, 1.54) is 108 Å². The van der Waals surface area contributed by atoms with Crippen molar-refractivity contribution in [2.75, 3.05) is 0 Å². The first-order valence-electron chi connectivity index (χ1n) is 23.3. The van der Waals surface area contributed by atoms with Crippen LogP contribution in [0.4, 0.5) is 0 Å². The molecule has 0 aromatic heterocycles. The molecule has 0 saturated heterocycles. The predicted octanol–water partition coefficient (Wildman–Crippen LogP) is 17.1. The van der Waals surface area contributed by atoms with Crippen LogP contribution in [0.25, 0.3) is 18.2 Å². The Morgan fingerprint density at radius 3 is 2.19 bits per heavy atom. The van der Waals surface area contributed by atoms with Gasteiger partial charge >= 0.3 is 0 Å². The molecule has 3 rings (SSSR count). The van der Waals surface area contributed by atoms with Gasteiger partial charge in [-0.05, 0) is 176 Å². The van der Waals surface area contributed by atoms with Crippen molar-refractivity contribution < 1.29 is 0 Å². The Hall–Kier alpha value is -3.12. The van der Waals surface area contributed by atoms with Gasteiger partial charge in [0.15, 0.2) is 0 Å². The maximum absolute atomic E-state index is 4.59. The molecule has 57 heavy (non-hydrogen) atoms. The van der Waals surface area contributed by atoms with Crippen molar-refractivity contribution in [1.82, 2.24) is 0 Å². The number of rotatable bonds is 19. The van der Waals surface area contributed by atoms with Crippen molar-refractivity contribution in [3.63, 3.8) is 0 Å². The van der Waals surface area contributed by atoms with Gasteiger partial charge in [-0.3, -0.25) is 0 Å². The molecule has 0 aliphatic heterocycles. The van der Waals surface area contributed by atoms with Gasteiger partial charge in [0.2, 0.25) is 0 Å². The van der Waals surface area contributed by atoms with Crippen LogP contribution in [-0.4, -0.2) is 0 Å². The molecule has 0 N–H and O–H groups in total. The Kier molecular flexibility index (Phi) is 24.4. The molecule has 1 aromatic carbocycles. The monoisotopic (exact) mass is 775 g/mol. The van der Waals surface area contributed by atoms with Gasteiger partial charge < -0.3 is 0 Å². The van der Waals surface area contributed by atoms with E-state index in [0.717, 1.165) is 54.2 Å². The summed E-state index contributed by atoms with van der Waals surface area (Å²) in [5.41, 5.74) is 11.5. The van der Waals surface area contributed by atoms with E-state index in [-0.39, 0.29) is 0 Å². The van der Waals surface area contributed by atoms with Crippen molar-refractivity contribution in [3.05, 3.63) is 124 Å². The van der Waals surface area contributed by atoms with Crippen LogP contribution < -0.4 is 10.4 Å². The normalized spacial score (nSPS) is 22.6. The van der Waals surface area contributed by atoms with Gasteiger partial charge in [0.25, 0.3) is 0 Å². The SMILES string of the molecule is C=C/C=C(C=C)/C(C)=C/C=C(\C=C/C)[C@@H](CCC)CCC(=C)c1cc(C)c(=C)/c(=C\C2=C(C)CC[C@@](C)(C(C)C)C2)c1.CC.CCCCC1(CCC)CCC(C)C1. The van der Waals surface area contributed by atoms with E-state index in [0.29, 0.717) is 17.3 Å². The van der Waals surface area contributed by atoms with Gasteiger partial charge in [0, 0.05) is 0 Å². The molecule has 1 aromatic rings. The number of hydrogen-bond acceptors (Lipinski definition) is 0. The Labute approximate surface area is 355 Å². The second-order valence-electron chi connectivity index (χ2n) is 18.2. The van der Waals surface area contributed by atoms with E-state index < -0.39 is 0 Å². The molecule has 0 heteroatoms. The number of aryl methyl sites for hydroxylation is 1. The Morgan fingerprint density at radius 1 is 0.947 bits per heavy atom. The van der Waals surface area contributed by atoms with Gasteiger partial charge in [-0.2, -0.15) is 0 Å². The fourth-order valence-electron chi connectivity index (χ4n) is 9.14. The summed E-state index contributed by atoms with van der Waals surface area (Å²) in [5, 5.41) is 2.39. The highest BCUT2D eigenvalue weighted by atomic mass is 14.4. The summed E-state index contributed by atoms with van der Waals surface area (Å²) in [4.78, 5) is 0. The zero-order valence-corrected chi connectivity index (χ0v) is 39.9. The van der Waals surface area contributed by atoms with Gasteiger partial charge in [-0.15, -0.1) is 0 Å². The average Bonchev–Trinajstić information content (AvgIpc) is 3.56. The molecule has 2 aliphatic carbocycles. The largest absolute Gasteiger partial charge is 0.0990 e. The van der Waals surface area contributed by atoms with Crippen molar-refractivity contribution in [2.45, 2.75) is 186 Å². The molecule has 2 unspecified atom stereocenters. The standard InChI is InChI=1S/C42H58.C13H26.C2H6/c1-13-17-36(16-4)31(7)20-22-37(18-14-2)38(19-15-3)23-21-32(8)39-26-34(10)35(11)40(27-39)28-41-29-42(12,30(5)6)25-24-33(41)9;1-4-6-9-13(8-5-2)10-7-12(3)11-13;1-2/h13-14,16-18,20,22,26-28,30,38H,1,4,8,11,15,19,21,23-25,29H2,2-3,5-7,9-10,12H3;12H,4-11H2,1-3H3;1-2H3/b18-14-,31-20+,36-17+,37-22+,40-28-;;/t38-,42+;;/m0../s1. The van der Waals surface area contributed by atoms with Crippen molar-refractivity contribution in [2.24, 2.45) is 28.6 Å². The Bertz CT molecular complexity index is 1670. The zero-order valence-electron chi connectivity index (χ0n) is 39.9. The Morgan fingerprint density at radius 2 is 1.65 bits per heavy atom. The van der Waals surface area contributed by atoms with Gasteiger partial charge in [0.05, 0.1) is 0 Å². The van der Waals surface area contributed by atoms with E-state index in [4.69, 9.17) is 0 Å². The second kappa shape index (κ2) is 26.8. The molecule has 0 heterocycles. The minimum absolute atomic E-state index is 0.359. The first-order valence-corrected chi connectivity index (χ1v) is 23.3. The molecule has 0 nitrogen and oxygen atoms in total. The summed E-state index contributed by atoms with van der Waals surface area (Å²) in [6.07, 6.45) is 36.8. The summed E-state index contributed by atoms with van der Waals surface area (Å²) in [6.45, 7) is 46.2. The van der Waals surface area contributed by atoms with Crippen molar-refractivity contribution >= 4 is 18.2 Å². The summed E-state index contributed by atoms with van der Waals surface area (Å²) in [7, 11) is 0. The molecular formula is C57H90. The first kappa shape index (κ1) is 51.9. The molecule has 0 amide bonds. The average molecular weight is 775 g/mol. The summed E-state index contributed by atoms with van der Waals surface area (Å²) >= 11 is 0. The minimum Gasteiger partial charge on any atom is -0.0990 e. The molecule has 1 fully saturated rings. The fourth-order valence-corrected chi connectivity index (χ4v) is 9.14. The van der Waals surface area contributed by atoms with Crippen molar-refractivity contribution in [1.29, 1.82) is 0 Å². The number of hydrogen-bond donors (Lipinski definition) is 0. The molecule has 0 radical (unpaired) electrons. The third-order valence-corrected chi connectivity index (χ3v) is 13.4. The maximum atomic E-state index is 4.59. The summed E-state index contributed by atoms with van der Waals surface area (Å²) < 4.78 is 0. The molecule has 0 spiro atoms. The molecule has 2 aliphatic rings. The lowest BCUT2D eigenvalue weighted by molar-refractivity contribution is 0.189. The highest BCUT2D eigenvalue weighted by molar-refractivity contribution is 5.65. The van der Waals surface area contributed by atoms with Crippen LogP contribution in [0.1, 0.15) is 191 Å². The van der Waals surface area contributed by atoms with E-state index in [2.05, 4.69) is 145 Å². The molecular weight excluding hydrogens is 685 g/mol. The summed E-state index contributed by atoms with van der Waals surface area (Å²) in [6, 6.07) is 4.63. The van der Waals surface area contributed by atoms with E-state index in [1.54, 1.807) is 0 Å². The van der Waals surface area contributed by atoms with E-state index in [1.807, 2.05) is 32.1 Å². The minimum atomic E-state index is 0.359. The summed E-state index contributed by atoms with van der Waals surface area (Å²) in [5.74, 6) is 2.15. The first-order chi connectivity index (χ1) is 27.1. The van der Waals surface area contributed by atoms with Crippen LogP contribution in [0.3, 0.4) is 0 Å². The third-order valence-electron chi connectivity index (χ3n) is 13.4. The van der Waals surface area contributed by atoms with Crippen molar-refractivity contribution in [3.8, 4) is 0 Å². The molecule has 1 saturated carbocycles. The quantitative estimate of drug-likeness (QED) is 0.123. The molecule has 4 atom stereocenters. The lowest BCUT2D eigenvalue weighted by Gasteiger charge is -2.38. The Balaban J connectivity index is 0.000000906. The number of benzene rings is 1. The lowest BCUT2D eigenvalue weighted by atomic mass is 9.67. The van der Waals surface area contributed by atoms with E-state index in [9.17, 15) is 0 Å². The zero-order chi connectivity index (χ0) is 43.2. The van der Waals surface area contributed by atoms with Gasteiger partial charge in [-0.25, -0.2) is 0 Å². The second-order valence-corrected chi connectivity index (χ2v) is 18.2. The van der Waals surface area contributed by atoms with Crippen LogP contribution in [0.15, 0.2) is 102 Å². The van der Waals surface area contributed by atoms with Crippen LogP contribution in [0.2, 0.25) is 0 Å². The maximum Gasteiger partial charge on any atom is -0.0159 e. The van der Waals surface area contributed by atoms with Gasteiger partial charge in [-0.1, -0.05) is 181 Å². The smallest absolute Gasteiger partial charge is 0.0159 e. The highest BCUT2D eigenvalue weighted by Crippen LogP contribution is 2.48.